The highest BCUT2D eigenvalue weighted by atomic mass is 15.2. The molecular formula is C24H25N. The van der Waals surface area contributed by atoms with Crippen LogP contribution in [0, 0.1) is 0 Å². The molecule has 3 aromatic rings. The van der Waals surface area contributed by atoms with Crippen LogP contribution >= 0.6 is 0 Å². The van der Waals surface area contributed by atoms with Gasteiger partial charge in [-0.15, -0.1) is 0 Å². The van der Waals surface area contributed by atoms with Gasteiger partial charge in [0.15, 0.2) is 0 Å². The van der Waals surface area contributed by atoms with Crippen LogP contribution in [0.4, 0.5) is 0 Å². The zero-order valence-corrected chi connectivity index (χ0v) is 14.8. The third-order valence-corrected chi connectivity index (χ3v) is 5.51. The van der Waals surface area contributed by atoms with Crippen LogP contribution in [0.5, 0.6) is 0 Å². The maximum atomic E-state index is 2.65. The van der Waals surface area contributed by atoms with Gasteiger partial charge in [0, 0.05) is 25.0 Å². The molecule has 126 valence electrons. The first-order valence-electron chi connectivity index (χ1n) is 9.23. The number of benzene rings is 3. The van der Waals surface area contributed by atoms with Crippen LogP contribution < -0.4 is 0 Å². The standard InChI is InChI=1S/C24H25N/c1-19-24(21-12-6-3-7-13-21)23-15-9-8-14-22(23)18-25(19)17-16-20-10-4-2-5-11-20/h2-15,19,24H,16-18H2,1H3. The molecule has 0 aliphatic carbocycles. The van der Waals surface area contributed by atoms with Gasteiger partial charge in [0.25, 0.3) is 0 Å². The molecule has 0 spiro atoms. The molecule has 3 aromatic carbocycles. The van der Waals surface area contributed by atoms with Gasteiger partial charge in [0.05, 0.1) is 0 Å². The summed E-state index contributed by atoms with van der Waals surface area (Å²) in [7, 11) is 0. The normalized spacial score (nSPS) is 20.2. The van der Waals surface area contributed by atoms with Crippen molar-refractivity contribution in [3.63, 3.8) is 0 Å². The number of hydrogen-bond donors (Lipinski definition) is 0. The average molecular weight is 327 g/mol. The lowest BCUT2D eigenvalue weighted by atomic mass is 9.79. The van der Waals surface area contributed by atoms with E-state index in [1.807, 2.05) is 0 Å². The summed E-state index contributed by atoms with van der Waals surface area (Å²) >= 11 is 0. The smallest absolute Gasteiger partial charge is 0.0246 e. The Labute approximate surface area is 150 Å². The molecule has 0 amide bonds. The maximum Gasteiger partial charge on any atom is 0.0246 e. The molecule has 0 aromatic heterocycles. The fourth-order valence-electron chi connectivity index (χ4n) is 4.13. The Bertz CT molecular complexity index is 810. The largest absolute Gasteiger partial charge is 0.295 e. The second-order valence-electron chi connectivity index (χ2n) is 7.03. The van der Waals surface area contributed by atoms with E-state index in [9.17, 15) is 0 Å². The van der Waals surface area contributed by atoms with Crippen molar-refractivity contribution >= 4 is 0 Å². The molecule has 0 saturated carbocycles. The fourth-order valence-corrected chi connectivity index (χ4v) is 4.13. The lowest BCUT2D eigenvalue weighted by Crippen LogP contribution is -2.42. The highest BCUT2D eigenvalue weighted by Crippen LogP contribution is 2.37. The van der Waals surface area contributed by atoms with Gasteiger partial charge in [-0.3, -0.25) is 4.90 Å². The summed E-state index contributed by atoms with van der Waals surface area (Å²) in [6, 6.07) is 31.3. The molecule has 0 bridgehead atoms. The van der Waals surface area contributed by atoms with Crippen LogP contribution in [0.3, 0.4) is 0 Å². The van der Waals surface area contributed by atoms with Crippen molar-refractivity contribution in [3.05, 3.63) is 107 Å². The Morgan fingerprint density at radius 3 is 2.20 bits per heavy atom. The average Bonchev–Trinajstić information content (AvgIpc) is 2.68. The second kappa shape index (κ2) is 7.25. The van der Waals surface area contributed by atoms with Crippen LogP contribution in [0.25, 0.3) is 0 Å². The molecule has 0 N–H and O–H groups in total. The Morgan fingerprint density at radius 1 is 0.800 bits per heavy atom. The van der Waals surface area contributed by atoms with Gasteiger partial charge in [-0.2, -0.15) is 0 Å². The third kappa shape index (κ3) is 3.38. The molecule has 1 heteroatoms. The molecule has 1 heterocycles. The van der Waals surface area contributed by atoms with E-state index in [4.69, 9.17) is 0 Å². The van der Waals surface area contributed by atoms with Crippen molar-refractivity contribution in [3.8, 4) is 0 Å². The zero-order valence-electron chi connectivity index (χ0n) is 14.8. The summed E-state index contributed by atoms with van der Waals surface area (Å²) in [5.74, 6) is 0.446. The van der Waals surface area contributed by atoms with Crippen molar-refractivity contribution in [1.82, 2.24) is 4.90 Å². The molecule has 0 fully saturated rings. The van der Waals surface area contributed by atoms with E-state index in [1.165, 1.54) is 22.3 Å². The Kier molecular flexibility index (Phi) is 4.67. The number of rotatable bonds is 4. The first kappa shape index (κ1) is 16.1. The molecule has 2 atom stereocenters. The van der Waals surface area contributed by atoms with Gasteiger partial charge >= 0.3 is 0 Å². The Hall–Kier alpha value is -2.38. The predicted octanol–water partition coefficient (Wildman–Crippen LogP) is 5.27. The molecule has 25 heavy (non-hydrogen) atoms. The van der Waals surface area contributed by atoms with Gasteiger partial charge in [0.1, 0.15) is 0 Å². The number of nitrogens with zero attached hydrogens (tertiary/aromatic N) is 1. The van der Waals surface area contributed by atoms with E-state index in [0.717, 1.165) is 19.5 Å². The first-order valence-corrected chi connectivity index (χ1v) is 9.23. The highest BCUT2D eigenvalue weighted by molar-refractivity contribution is 5.41. The van der Waals surface area contributed by atoms with Crippen molar-refractivity contribution in [2.75, 3.05) is 6.54 Å². The minimum atomic E-state index is 0.446. The summed E-state index contributed by atoms with van der Waals surface area (Å²) < 4.78 is 0. The van der Waals surface area contributed by atoms with E-state index < -0.39 is 0 Å². The maximum absolute atomic E-state index is 2.65. The van der Waals surface area contributed by atoms with Gasteiger partial charge in [0.2, 0.25) is 0 Å². The van der Waals surface area contributed by atoms with Crippen molar-refractivity contribution in [2.45, 2.75) is 31.8 Å². The van der Waals surface area contributed by atoms with Gasteiger partial charge in [-0.1, -0.05) is 84.9 Å². The summed E-state index contributed by atoms with van der Waals surface area (Å²) in [5.41, 5.74) is 5.82. The van der Waals surface area contributed by atoms with Gasteiger partial charge < -0.3 is 0 Å². The van der Waals surface area contributed by atoms with Crippen molar-refractivity contribution < 1.29 is 0 Å². The van der Waals surface area contributed by atoms with E-state index in [-0.39, 0.29) is 0 Å². The second-order valence-corrected chi connectivity index (χ2v) is 7.03. The SMILES string of the molecule is CC1C(c2ccccc2)c2ccccc2CN1CCc1ccccc1. The molecular weight excluding hydrogens is 302 g/mol. The van der Waals surface area contributed by atoms with Gasteiger partial charge in [-0.25, -0.2) is 0 Å². The van der Waals surface area contributed by atoms with Crippen LogP contribution in [0.15, 0.2) is 84.9 Å². The molecule has 0 saturated heterocycles. The minimum Gasteiger partial charge on any atom is -0.295 e. The monoisotopic (exact) mass is 327 g/mol. The fraction of sp³-hybridized carbons (Fsp3) is 0.250. The Balaban J connectivity index is 1.62. The molecule has 0 radical (unpaired) electrons. The third-order valence-electron chi connectivity index (χ3n) is 5.51. The van der Waals surface area contributed by atoms with E-state index >= 15 is 0 Å². The van der Waals surface area contributed by atoms with Crippen molar-refractivity contribution in [2.24, 2.45) is 0 Å². The van der Waals surface area contributed by atoms with Gasteiger partial charge in [-0.05, 0) is 35.6 Å². The lowest BCUT2D eigenvalue weighted by Gasteiger charge is -2.41. The predicted molar refractivity (Wildman–Crippen MR) is 105 cm³/mol. The lowest BCUT2D eigenvalue weighted by molar-refractivity contribution is 0.171. The summed E-state index contributed by atoms with van der Waals surface area (Å²) in [6.45, 7) is 4.54. The van der Waals surface area contributed by atoms with Crippen molar-refractivity contribution in [1.29, 1.82) is 0 Å². The molecule has 1 aliphatic heterocycles. The van der Waals surface area contributed by atoms with E-state index in [0.29, 0.717) is 12.0 Å². The summed E-state index contributed by atoms with van der Waals surface area (Å²) in [4.78, 5) is 2.65. The first-order chi connectivity index (χ1) is 12.3. The zero-order chi connectivity index (χ0) is 17.1. The van der Waals surface area contributed by atoms with E-state index in [1.54, 1.807) is 0 Å². The van der Waals surface area contributed by atoms with E-state index in [2.05, 4.69) is 96.8 Å². The summed E-state index contributed by atoms with van der Waals surface area (Å²) in [5, 5.41) is 0. The minimum absolute atomic E-state index is 0.446. The quantitative estimate of drug-likeness (QED) is 0.631. The summed E-state index contributed by atoms with van der Waals surface area (Å²) in [6.07, 6.45) is 1.11. The van der Waals surface area contributed by atoms with Crippen LogP contribution in [-0.4, -0.2) is 17.5 Å². The molecule has 2 unspecified atom stereocenters. The van der Waals surface area contributed by atoms with Crippen LogP contribution in [0.2, 0.25) is 0 Å². The highest BCUT2D eigenvalue weighted by Gasteiger charge is 2.32. The molecule has 1 aliphatic rings. The van der Waals surface area contributed by atoms with Crippen LogP contribution in [0.1, 0.15) is 35.1 Å². The number of fused-ring (bicyclic) bond motifs is 1. The molecule has 1 nitrogen and oxygen atoms in total. The van der Waals surface area contributed by atoms with Crippen LogP contribution in [-0.2, 0) is 13.0 Å². The number of hydrogen-bond acceptors (Lipinski definition) is 1. The topological polar surface area (TPSA) is 3.24 Å². The molecule has 4 rings (SSSR count). The Morgan fingerprint density at radius 2 is 1.44 bits per heavy atom.